The summed E-state index contributed by atoms with van der Waals surface area (Å²) in [5, 5.41) is 11.9. The van der Waals surface area contributed by atoms with Gasteiger partial charge in [0, 0.05) is 12.0 Å². The van der Waals surface area contributed by atoms with Crippen LogP contribution in [0.5, 0.6) is 0 Å². The van der Waals surface area contributed by atoms with Gasteiger partial charge in [0.1, 0.15) is 0 Å². The van der Waals surface area contributed by atoms with Crippen LogP contribution in [0.3, 0.4) is 0 Å². The topological polar surface area (TPSA) is 57.8 Å². The fourth-order valence-electron chi connectivity index (χ4n) is 1.84. The first-order valence-electron chi connectivity index (χ1n) is 5.73. The molecule has 3 rings (SSSR count). The smallest absolute Gasteiger partial charge is 0.228 e. The number of thiophene rings is 1. The number of H-pyrrole nitrogens is 1. The van der Waals surface area contributed by atoms with Crippen LogP contribution < -0.4 is 5.32 Å². The molecule has 88 valence electrons. The molecule has 0 bridgehead atoms. The number of carbonyl (C=O) groups excluding carboxylic acids is 1. The van der Waals surface area contributed by atoms with Gasteiger partial charge in [-0.1, -0.05) is 12.5 Å². The van der Waals surface area contributed by atoms with Crippen molar-refractivity contribution in [3.63, 3.8) is 0 Å². The molecule has 2 aromatic rings. The Morgan fingerprint density at radius 2 is 2.41 bits per heavy atom. The second kappa shape index (κ2) is 4.33. The van der Waals surface area contributed by atoms with Crippen LogP contribution in [0, 0.1) is 5.92 Å². The Kier molecular flexibility index (Phi) is 2.68. The number of rotatable bonds is 3. The molecular weight excluding hydrogens is 234 g/mol. The summed E-state index contributed by atoms with van der Waals surface area (Å²) < 4.78 is 0. The average molecular weight is 247 g/mol. The third-order valence-corrected chi connectivity index (χ3v) is 3.99. The number of amides is 1. The van der Waals surface area contributed by atoms with Gasteiger partial charge in [-0.25, -0.2) is 0 Å². The van der Waals surface area contributed by atoms with Gasteiger partial charge in [-0.3, -0.25) is 9.89 Å². The SMILES string of the molecule is O=C(Nc1cc(-c2cccs2)[nH]n1)C1CCC1. The number of nitrogens with one attached hydrogen (secondary N) is 2. The van der Waals surface area contributed by atoms with Crippen LogP contribution in [0.2, 0.25) is 0 Å². The Bertz CT molecular complexity index is 514. The van der Waals surface area contributed by atoms with E-state index >= 15 is 0 Å². The average Bonchev–Trinajstić information content (AvgIpc) is 2.82. The summed E-state index contributed by atoms with van der Waals surface area (Å²) in [6.07, 6.45) is 3.18. The molecule has 1 saturated carbocycles. The highest BCUT2D eigenvalue weighted by Crippen LogP contribution is 2.28. The van der Waals surface area contributed by atoms with E-state index in [1.54, 1.807) is 11.3 Å². The maximum absolute atomic E-state index is 11.7. The standard InChI is InChI=1S/C12H13N3OS/c16-12(8-3-1-4-8)13-11-7-9(14-15-11)10-5-2-6-17-10/h2,5-8H,1,3-4H2,(H2,13,14,15,16). The van der Waals surface area contributed by atoms with Gasteiger partial charge in [-0.05, 0) is 24.3 Å². The Hall–Kier alpha value is -1.62. The molecule has 17 heavy (non-hydrogen) atoms. The molecule has 2 N–H and O–H groups in total. The predicted molar refractivity (Wildman–Crippen MR) is 67.9 cm³/mol. The van der Waals surface area contributed by atoms with Crippen LogP contribution in [-0.4, -0.2) is 16.1 Å². The first kappa shape index (κ1) is 10.5. The van der Waals surface area contributed by atoms with Gasteiger partial charge in [-0.15, -0.1) is 11.3 Å². The molecule has 5 heteroatoms. The molecule has 1 fully saturated rings. The van der Waals surface area contributed by atoms with E-state index in [9.17, 15) is 4.79 Å². The van der Waals surface area contributed by atoms with Gasteiger partial charge in [0.2, 0.25) is 5.91 Å². The van der Waals surface area contributed by atoms with Crippen molar-refractivity contribution in [2.75, 3.05) is 5.32 Å². The quantitative estimate of drug-likeness (QED) is 0.876. The second-order valence-electron chi connectivity index (χ2n) is 4.26. The van der Waals surface area contributed by atoms with Crippen LogP contribution in [0.15, 0.2) is 23.6 Å². The van der Waals surface area contributed by atoms with E-state index in [0.717, 1.165) is 23.4 Å². The second-order valence-corrected chi connectivity index (χ2v) is 5.21. The lowest BCUT2D eigenvalue weighted by molar-refractivity contribution is -0.122. The van der Waals surface area contributed by atoms with Crippen molar-refractivity contribution in [3.8, 4) is 10.6 Å². The van der Waals surface area contributed by atoms with E-state index in [1.165, 1.54) is 6.42 Å². The maximum atomic E-state index is 11.7. The minimum absolute atomic E-state index is 0.0977. The Balaban J connectivity index is 1.70. The summed E-state index contributed by atoms with van der Waals surface area (Å²) in [6, 6.07) is 5.89. The van der Waals surface area contributed by atoms with E-state index in [1.807, 2.05) is 23.6 Å². The third kappa shape index (κ3) is 2.10. The number of aromatic amines is 1. The summed E-state index contributed by atoms with van der Waals surface area (Å²) in [5.41, 5.74) is 0.948. The number of aromatic nitrogens is 2. The van der Waals surface area contributed by atoms with Gasteiger partial charge in [0.15, 0.2) is 5.82 Å². The largest absolute Gasteiger partial charge is 0.309 e. The van der Waals surface area contributed by atoms with Gasteiger partial charge >= 0.3 is 0 Å². The van der Waals surface area contributed by atoms with Gasteiger partial charge < -0.3 is 5.32 Å². The zero-order valence-corrected chi connectivity index (χ0v) is 10.1. The van der Waals surface area contributed by atoms with Crippen LogP contribution in [0.1, 0.15) is 19.3 Å². The minimum atomic E-state index is 0.0977. The molecule has 0 aromatic carbocycles. The Labute approximate surface area is 103 Å². The highest BCUT2D eigenvalue weighted by atomic mass is 32.1. The first-order valence-corrected chi connectivity index (χ1v) is 6.61. The number of hydrogen-bond acceptors (Lipinski definition) is 3. The van der Waals surface area contributed by atoms with Crippen molar-refractivity contribution in [3.05, 3.63) is 23.6 Å². The first-order chi connectivity index (χ1) is 8.33. The molecule has 2 heterocycles. The lowest BCUT2D eigenvalue weighted by atomic mass is 9.85. The van der Waals surface area contributed by atoms with Crippen molar-refractivity contribution in [1.29, 1.82) is 0 Å². The van der Waals surface area contributed by atoms with E-state index in [2.05, 4.69) is 15.5 Å². The highest BCUT2D eigenvalue weighted by molar-refractivity contribution is 7.13. The molecule has 1 aliphatic carbocycles. The fraction of sp³-hybridized carbons (Fsp3) is 0.333. The van der Waals surface area contributed by atoms with Crippen molar-refractivity contribution in [2.24, 2.45) is 5.92 Å². The van der Waals surface area contributed by atoms with E-state index in [4.69, 9.17) is 0 Å². The van der Waals surface area contributed by atoms with E-state index in [-0.39, 0.29) is 11.8 Å². The minimum Gasteiger partial charge on any atom is -0.309 e. The molecule has 0 saturated heterocycles. The fourth-order valence-corrected chi connectivity index (χ4v) is 2.53. The molecule has 1 aliphatic rings. The summed E-state index contributed by atoms with van der Waals surface area (Å²) in [4.78, 5) is 12.9. The number of anilines is 1. The van der Waals surface area contributed by atoms with Crippen LogP contribution >= 0.6 is 11.3 Å². The zero-order chi connectivity index (χ0) is 11.7. The number of hydrogen-bond donors (Lipinski definition) is 2. The van der Waals surface area contributed by atoms with Crippen molar-refractivity contribution in [2.45, 2.75) is 19.3 Å². The summed E-state index contributed by atoms with van der Waals surface area (Å²) in [7, 11) is 0. The molecule has 1 amide bonds. The molecule has 0 radical (unpaired) electrons. The number of nitrogens with zero attached hydrogens (tertiary/aromatic N) is 1. The lowest BCUT2D eigenvalue weighted by Gasteiger charge is -2.23. The molecule has 2 aromatic heterocycles. The summed E-state index contributed by atoms with van der Waals surface area (Å²) in [5.74, 6) is 0.905. The van der Waals surface area contributed by atoms with Crippen LogP contribution in [-0.2, 0) is 4.79 Å². The van der Waals surface area contributed by atoms with Crippen LogP contribution in [0.4, 0.5) is 5.82 Å². The summed E-state index contributed by atoms with van der Waals surface area (Å²) >= 11 is 1.65. The predicted octanol–water partition coefficient (Wildman–Crippen LogP) is 2.88. The summed E-state index contributed by atoms with van der Waals surface area (Å²) in [6.45, 7) is 0. The monoisotopic (exact) mass is 247 g/mol. The molecule has 0 aliphatic heterocycles. The Morgan fingerprint density at radius 3 is 3.06 bits per heavy atom. The molecule has 0 unspecified atom stereocenters. The van der Waals surface area contributed by atoms with Gasteiger partial charge in [-0.2, -0.15) is 5.10 Å². The molecule has 0 atom stereocenters. The molecule has 4 nitrogen and oxygen atoms in total. The van der Waals surface area contributed by atoms with Crippen molar-refractivity contribution < 1.29 is 4.79 Å². The zero-order valence-electron chi connectivity index (χ0n) is 9.27. The normalized spacial score (nSPS) is 15.5. The lowest BCUT2D eigenvalue weighted by Crippen LogP contribution is -2.28. The van der Waals surface area contributed by atoms with Gasteiger partial charge in [0.25, 0.3) is 0 Å². The van der Waals surface area contributed by atoms with E-state index in [0.29, 0.717) is 5.82 Å². The van der Waals surface area contributed by atoms with Crippen molar-refractivity contribution >= 4 is 23.1 Å². The van der Waals surface area contributed by atoms with Crippen LogP contribution in [0.25, 0.3) is 10.6 Å². The molecular formula is C12H13N3OS. The Morgan fingerprint density at radius 1 is 1.53 bits per heavy atom. The van der Waals surface area contributed by atoms with Gasteiger partial charge in [0.05, 0.1) is 10.6 Å². The molecule has 0 spiro atoms. The highest BCUT2D eigenvalue weighted by Gasteiger charge is 2.25. The third-order valence-electron chi connectivity index (χ3n) is 3.09. The van der Waals surface area contributed by atoms with Crippen molar-refractivity contribution in [1.82, 2.24) is 10.2 Å². The maximum Gasteiger partial charge on any atom is 0.228 e. The van der Waals surface area contributed by atoms with E-state index < -0.39 is 0 Å². The number of carbonyl (C=O) groups is 1.